The van der Waals surface area contributed by atoms with Gasteiger partial charge in [-0.3, -0.25) is 4.79 Å². The maximum atomic E-state index is 13.0. The molecule has 20 heavy (non-hydrogen) atoms. The van der Waals surface area contributed by atoms with Crippen molar-refractivity contribution in [3.8, 4) is 6.07 Å². The summed E-state index contributed by atoms with van der Waals surface area (Å²) in [6.07, 6.45) is 0. The number of nitriles is 1. The quantitative estimate of drug-likeness (QED) is 0.850. The minimum absolute atomic E-state index is 0.0368. The van der Waals surface area contributed by atoms with Gasteiger partial charge in [0.1, 0.15) is 5.54 Å². The summed E-state index contributed by atoms with van der Waals surface area (Å²) in [6, 6.07) is 5.54. The van der Waals surface area contributed by atoms with Gasteiger partial charge in [-0.05, 0) is 31.0 Å². The fourth-order valence-electron chi connectivity index (χ4n) is 1.34. The van der Waals surface area contributed by atoms with Gasteiger partial charge < -0.3 is 5.32 Å². The van der Waals surface area contributed by atoms with Gasteiger partial charge in [0.25, 0.3) is 0 Å². The molecule has 6 heteroatoms. The summed E-state index contributed by atoms with van der Waals surface area (Å²) in [5, 5.41) is 11.7. The summed E-state index contributed by atoms with van der Waals surface area (Å²) in [5.41, 5.74) is -0.939. The van der Waals surface area contributed by atoms with Crippen LogP contribution in [0.25, 0.3) is 0 Å². The molecule has 1 unspecified atom stereocenters. The molecule has 108 valence electrons. The molecular weight excluding hydrogens is 282 g/mol. The molecule has 1 atom stereocenters. The van der Waals surface area contributed by atoms with Crippen molar-refractivity contribution in [1.82, 2.24) is 5.32 Å². The Morgan fingerprint density at radius 3 is 2.60 bits per heavy atom. The molecule has 0 spiro atoms. The van der Waals surface area contributed by atoms with Crippen LogP contribution in [0.1, 0.15) is 20.8 Å². The summed E-state index contributed by atoms with van der Waals surface area (Å²) in [4.78, 5) is 12.3. The third-order valence-corrected chi connectivity index (χ3v) is 4.04. The van der Waals surface area contributed by atoms with Gasteiger partial charge in [-0.25, -0.2) is 8.78 Å². The van der Waals surface area contributed by atoms with E-state index in [2.05, 4.69) is 11.4 Å². The average Bonchev–Trinajstić information content (AvgIpc) is 2.39. The lowest BCUT2D eigenvalue weighted by molar-refractivity contribution is -0.120. The number of carbonyl (C=O) groups excluding carboxylic acids is 1. The molecule has 0 saturated heterocycles. The van der Waals surface area contributed by atoms with E-state index in [1.807, 2.05) is 13.8 Å². The second-order valence-corrected chi connectivity index (χ2v) is 5.93. The Morgan fingerprint density at radius 1 is 1.45 bits per heavy atom. The molecule has 0 heterocycles. The minimum Gasteiger partial charge on any atom is -0.337 e. The first-order valence-electron chi connectivity index (χ1n) is 6.08. The largest absolute Gasteiger partial charge is 0.337 e. The van der Waals surface area contributed by atoms with Crippen LogP contribution in [-0.2, 0) is 4.79 Å². The Morgan fingerprint density at radius 2 is 2.10 bits per heavy atom. The zero-order valence-electron chi connectivity index (χ0n) is 11.5. The first kappa shape index (κ1) is 16.4. The number of nitrogens with one attached hydrogen (secondary N) is 1. The van der Waals surface area contributed by atoms with Crippen LogP contribution in [0.3, 0.4) is 0 Å². The number of carbonyl (C=O) groups is 1. The van der Waals surface area contributed by atoms with Crippen LogP contribution in [0.4, 0.5) is 8.78 Å². The highest BCUT2D eigenvalue weighted by Crippen LogP contribution is 2.21. The van der Waals surface area contributed by atoms with Crippen LogP contribution in [-0.4, -0.2) is 17.2 Å². The zero-order valence-corrected chi connectivity index (χ0v) is 12.4. The average molecular weight is 298 g/mol. The highest BCUT2D eigenvalue weighted by molar-refractivity contribution is 8.00. The Labute approximate surface area is 121 Å². The Bertz CT molecular complexity index is 542. The van der Waals surface area contributed by atoms with E-state index < -0.39 is 17.2 Å². The van der Waals surface area contributed by atoms with Gasteiger partial charge in [0.05, 0.1) is 11.8 Å². The van der Waals surface area contributed by atoms with Crippen molar-refractivity contribution in [3.63, 3.8) is 0 Å². The number of hydrogen-bond donors (Lipinski definition) is 1. The second-order valence-electron chi connectivity index (χ2n) is 4.88. The van der Waals surface area contributed by atoms with Gasteiger partial charge >= 0.3 is 0 Å². The maximum absolute atomic E-state index is 13.0. The number of amides is 1. The number of thioether (sulfide) groups is 1. The predicted molar refractivity (Wildman–Crippen MR) is 74.1 cm³/mol. The highest BCUT2D eigenvalue weighted by Gasteiger charge is 2.29. The minimum atomic E-state index is -0.945. The number of hydrogen-bond acceptors (Lipinski definition) is 3. The number of halogens is 2. The molecule has 1 amide bonds. The van der Waals surface area contributed by atoms with Crippen molar-refractivity contribution in [2.24, 2.45) is 5.92 Å². The van der Waals surface area contributed by atoms with Crippen molar-refractivity contribution in [2.75, 3.05) is 5.75 Å². The van der Waals surface area contributed by atoms with Crippen LogP contribution in [0.15, 0.2) is 23.1 Å². The molecule has 0 aromatic heterocycles. The lowest BCUT2D eigenvalue weighted by atomic mass is 9.90. The van der Waals surface area contributed by atoms with Crippen LogP contribution >= 0.6 is 11.8 Å². The summed E-state index contributed by atoms with van der Waals surface area (Å²) >= 11 is 1.09. The van der Waals surface area contributed by atoms with E-state index in [1.165, 1.54) is 6.07 Å². The second kappa shape index (κ2) is 6.71. The summed E-state index contributed by atoms with van der Waals surface area (Å²) in [5.74, 6) is -2.19. The molecule has 0 fully saturated rings. The third-order valence-electron chi connectivity index (χ3n) is 3.05. The smallest absolute Gasteiger partial charge is 0.231 e. The van der Waals surface area contributed by atoms with Gasteiger partial charge in [-0.2, -0.15) is 5.26 Å². The molecule has 0 saturated carbocycles. The van der Waals surface area contributed by atoms with Gasteiger partial charge in [0.2, 0.25) is 5.91 Å². The molecule has 0 aliphatic rings. The molecule has 3 nitrogen and oxygen atoms in total. The summed E-state index contributed by atoms with van der Waals surface area (Å²) < 4.78 is 25.8. The third kappa shape index (κ3) is 4.20. The first-order valence-corrected chi connectivity index (χ1v) is 7.07. The van der Waals surface area contributed by atoms with Crippen LogP contribution in [0.5, 0.6) is 0 Å². The van der Waals surface area contributed by atoms with Crippen LogP contribution < -0.4 is 5.32 Å². The fourth-order valence-corrected chi connectivity index (χ4v) is 2.06. The summed E-state index contributed by atoms with van der Waals surface area (Å²) in [7, 11) is 0. The van der Waals surface area contributed by atoms with Gasteiger partial charge in [-0.15, -0.1) is 11.8 Å². The Balaban J connectivity index is 2.60. The zero-order chi connectivity index (χ0) is 15.3. The van der Waals surface area contributed by atoms with Gasteiger partial charge in [0.15, 0.2) is 11.6 Å². The lowest BCUT2D eigenvalue weighted by Gasteiger charge is -2.27. The molecule has 1 aromatic carbocycles. The highest BCUT2D eigenvalue weighted by atomic mass is 32.2. The van der Waals surface area contributed by atoms with Crippen molar-refractivity contribution in [2.45, 2.75) is 31.2 Å². The van der Waals surface area contributed by atoms with Crippen molar-refractivity contribution in [1.29, 1.82) is 5.26 Å². The first-order chi connectivity index (χ1) is 9.28. The summed E-state index contributed by atoms with van der Waals surface area (Å²) in [6.45, 7) is 5.33. The van der Waals surface area contributed by atoms with E-state index in [0.29, 0.717) is 4.90 Å². The predicted octanol–water partition coefficient (Wildman–Crippen LogP) is 3.11. The molecule has 0 aliphatic carbocycles. The van der Waals surface area contributed by atoms with Crippen LogP contribution in [0, 0.1) is 28.9 Å². The topological polar surface area (TPSA) is 52.9 Å². The fraction of sp³-hybridized carbons (Fsp3) is 0.429. The molecule has 0 radical (unpaired) electrons. The Hall–Kier alpha value is -1.61. The molecule has 1 rings (SSSR count). The van der Waals surface area contributed by atoms with E-state index in [4.69, 9.17) is 5.26 Å². The molecule has 0 bridgehead atoms. The van der Waals surface area contributed by atoms with Crippen molar-refractivity contribution in [3.05, 3.63) is 29.8 Å². The van der Waals surface area contributed by atoms with E-state index in [9.17, 15) is 13.6 Å². The van der Waals surface area contributed by atoms with Crippen molar-refractivity contribution >= 4 is 17.7 Å². The standard InChI is InChI=1S/C14H16F2N2OS/c1-9(2)14(3,8-17)18-13(19)7-20-10-4-5-11(15)12(16)6-10/h4-6,9H,7H2,1-3H3,(H,18,19). The molecule has 1 aromatic rings. The molecule has 0 aliphatic heterocycles. The maximum Gasteiger partial charge on any atom is 0.231 e. The lowest BCUT2D eigenvalue weighted by Crippen LogP contribution is -2.49. The number of nitrogens with zero attached hydrogens (tertiary/aromatic N) is 1. The van der Waals surface area contributed by atoms with E-state index >= 15 is 0 Å². The van der Waals surface area contributed by atoms with Crippen molar-refractivity contribution < 1.29 is 13.6 Å². The van der Waals surface area contributed by atoms with E-state index in [0.717, 1.165) is 23.9 Å². The van der Waals surface area contributed by atoms with E-state index in [1.54, 1.807) is 6.92 Å². The van der Waals surface area contributed by atoms with Gasteiger partial charge in [-0.1, -0.05) is 13.8 Å². The normalized spacial score (nSPS) is 13.7. The van der Waals surface area contributed by atoms with E-state index in [-0.39, 0.29) is 17.6 Å². The monoisotopic (exact) mass is 298 g/mol. The number of benzene rings is 1. The molecule has 1 N–H and O–H groups in total. The Kier molecular flexibility index (Phi) is 5.52. The van der Waals surface area contributed by atoms with Crippen LogP contribution in [0.2, 0.25) is 0 Å². The SMILES string of the molecule is CC(C)C(C)(C#N)NC(=O)CSc1ccc(F)c(F)c1. The molecular formula is C14H16F2N2OS. The number of rotatable bonds is 5. The van der Waals surface area contributed by atoms with Gasteiger partial charge in [0, 0.05) is 4.90 Å².